The number of rotatable bonds is 10. The Morgan fingerprint density at radius 3 is 2.11 bits per heavy atom. The van der Waals surface area contributed by atoms with Gasteiger partial charge in [-0.05, 0) is 6.42 Å². The predicted octanol–water partition coefficient (Wildman–Crippen LogP) is -9.05. The average molecular weight is 651 g/mol. The zero-order chi connectivity index (χ0) is 33.4. The minimum absolute atomic E-state index is 0.00150. The highest BCUT2D eigenvalue weighted by Crippen LogP contribution is 2.40. The molecule has 2 saturated carbocycles. The Hall–Kier alpha value is -2.51. The van der Waals surface area contributed by atoms with Crippen molar-refractivity contribution in [2.24, 2.45) is 50.1 Å². The molecule has 2 aliphatic heterocycles. The lowest BCUT2D eigenvalue weighted by Crippen LogP contribution is -2.69. The van der Waals surface area contributed by atoms with Gasteiger partial charge in [0, 0.05) is 25.4 Å². The number of amides is 1. The molecule has 1 amide bonds. The fourth-order valence-electron chi connectivity index (χ4n) is 5.89. The summed E-state index contributed by atoms with van der Waals surface area (Å²) in [5, 5.41) is 66.0. The van der Waals surface area contributed by atoms with E-state index in [1.165, 1.54) is 0 Å². The summed E-state index contributed by atoms with van der Waals surface area (Å²) in [7, 11) is 0. The van der Waals surface area contributed by atoms with Crippen LogP contribution < -0.4 is 45.5 Å². The molecule has 4 rings (SSSR count). The lowest BCUT2D eigenvalue weighted by molar-refractivity contribution is -0.315. The van der Waals surface area contributed by atoms with E-state index in [2.05, 4.69) is 15.3 Å². The molecule has 4 fully saturated rings. The van der Waals surface area contributed by atoms with Crippen LogP contribution in [-0.4, -0.2) is 159 Å². The van der Waals surface area contributed by atoms with E-state index in [0.717, 1.165) is 0 Å². The van der Waals surface area contributed by atoms with Crippen molar-refractivity contribution >= 4 is 17.8 Å². The second-order valence-electron chi connectivity index (χ2n) is 11.9. The minimum atomic E-state index is -1.95. The highest BCUT2D eigenvalue weighted by atomic mass is 16.7. The Morgan fingerprint density at radius 1 is 0.889 bits per heavy atom. The first kappa shape index (κ1) is 35.3. The van der Waals surface area contributed by atoms with Gasteiger partial charge in [-0.3, -0.25) is 4.79 Å². The normalized spacial score (nSPS) is 46.6. The monoisotopic (exact) mass is 650 g/mol. The molecule has 21 heteroatoms. The molecule has 2 heterocycles. The molecule has 21 nitrogen and oxygen atoms in total. The number of carbonyl (C=O) groups is 1. The molecule has 16 atom stereocenters. The standard InChI is InChI=1S/C24H46N10O11/c25-4-10-9(36)2-8(33-22(28)29)19(42-10)44-17-6(26)1-7(32-21(40)24(41)3-12(24)34-23(30)31)18(16(17)39)45-20-15(38)13(27)14(37)11(5-35)43-20/h6-20,35-39,41H,1-5,25-27H2,(H,32,40)(H4,28,29,33)(H4,30,31,34)/t6-,7+,8+,9-,10+,11+,12?,13-,14+,15+,16-,17+,18-,19+,20+,24?/m0/s1. The average Bonchev–Trinajstić information content (AvgIpc) is 3.62. The van der Waals surface area contributed by atoms with Crippen molar-refractivity contribution in [3.05, 3.63) is 0 Å². The van der Waals surface area contributed by atoms with Gasteiger partial charge in [-0.2, -0.15) is 0 Å². The van der Waals surface area contributed by atoms with E-state index in [1.54, 1.807) is 0 Å². The Kier molecular flexibility index (Phi) is 11.1. The fourth-order valence-corrected chi connectivity index (χ4v) is 5.89. The van der Waals surface area contributed by atoms with Gasteiger partial charge in [0.2, 0.25) is 0 Å². The number of carbonyl (C=O) groups excluding carboxylic acids is 1. The van der Waals surface area contributed by atoms with Crippen molar-refractivity contribution in [2.75, 3.05) is 13.2 Å². The largest absolute Gasteiger partial charge is 0.394 e. The number of aliphatic hydroxyl groups excluding tert-OH is 5. The second kappa shape index (κ2) is 14.1. The number of aliphatic imine (C=N–C) groups is 2. The Balaban J connectivity index is 1.60. The minimum Gasteiger partial charge on any atom is -0.394 e. The molecule has 2 aliphatic carbocycles. The maximum absolute atomic E-state index is 13.2. The van der Waals surface area contributed by atoms with E-state index in [-0.39, 0.29) is 37.7 Å². The molecule has 0 spiro atoms. The third-order valence-electron chi connectivity index (χ3n) is 8.53. The molecule has 21 N–H and O–H groups in total. The summed E-state index contributed by atoms with van der Waals surface area (Å²) in [5.74, 6) is -1.53. The Bertz CT molecular complexity index is 1100. The first-order valence-corrected chi connectivity index (χ1v) is 14.5. The maximum Gasteiger partial charge on any atom is 0.254 e. The SMILES string of the molecule is NC[C@H]1O[C@H](O[C@H]2[C@H](O)[C@@H](O[C@H]3O[C@H](CO)[C@@H](O)[C@H](N)[C@H]3O)[C@H](NC(=O)C3(O)CC3N=C(N)N)C[C@@H]2N)[C@H](N=C(N)N)C[C@@H]1O. The highest BCUT2D eigenvalue weighted by Gasteiger charge is 2.61. The lowest BCUT2D eigenvalue weighted by Gasteiger charge is -2.48. The maximum atomic E-state index is 13.2. The van der Waals surface area contributed by atoms with Gasteiger partial charge in [-0.25, -0.2) is 9.98 Å². The predicted molar refractivity (Wildman–Crippen MR) is 153 cm³/mol. The Morgan fingerprint density at radius 2 is 1.51 bits per heavy atom. The van der Waals surface area contributed by atoms with Crippen molar-refractivity contribution in [1.82, 2.24) is 5.32 Å². The first-order chi connectivity index (χ1) is 21.1. The molecule has 0 aromatic heterocycles. The van der Waals surface area contributed by atoms with Crippen LogP contribution >= 0.6 is 0 Å². The number of guanidine groups is 2. The zero-order valence-corrected chi connectivity index (χ0v) is 24.4. The molecule has 2 unspecified atom stereocenters. The number of nitrogens with zero attached hydrogens (tertiary/aromatic N) is 2. The van der Waals surface area contributed by atoms with Gasteiger partial charge < -0.3 is 95.0 Å². The van der Waals surface area contributed by atoms with Crippen LogP contribution in [0.2, 0.25) is 0 Å². The van der Waals surface area contributed by atoms with Crippen LogP contribution in [0, 0.1) is 0 Å². The van der Waals surface area contributed by atoms with Crippen LogP contribution in [0.5, 0.6) is 0 Å². The molecule has 4 aliphatic rings. The molecule has 45 heavy (non-hydrogen) atoms. The number of hydrogen-bond acceptors (Lipinski definition) is 16. The number of nitrogens with one attached hydrogen (secondary N) is 1. The molecular weight excluding hydrogens is 604 g/mol. The Labute approximate surface area is 257 Å². The van der Waals surface area contributed by atoms with Gasteiger partial charge in [0.15, 0.2) is 30.1 Å². The van der Waals surface area contributed by atoms with E-state index in [9.17, 15) is 35.4 Å². The van der Waals surface area contributed by atoms with Crippen molar-refractivity contribution in [3.63, 3.8) is 0 Å². The summed E-state index contributed by atoms with van der Waals surface area (Å²) in [4.78, 5) is 21.0. The van der Waals surface area contributed by atoms with Gasteiger partial charge in [-0.1, -0.05) is 0 Å². The molecule has 0 radical (unpaired) electrons. The van der Waals surface area contributed by atoms with Crippen molar-refractivity contribution in [1.29, 1.82) is 0 Å². The van der Waals surface area contributed by atoms with Crippen LogP contribution in [0.25, 0.3) is 0 Å². The van der Waals surface area contributed by atoms with Gasteiger partial charge in [0.1, 0.15) is 42.7 Å². The van der Waals surface area contributed by atoms with Gasteiger partial charge in [0.25, 0.3) is 5.91 Å². The van der Waals surface area contributed by atoms with Crippen molar-refractivity contribution in [2.45, 2.75) is 116 Å². The highest BCUT2D eigenvalue weighted by molar-refractivity contribution is 5.90. The molecule has 258 valence electrons. The third kappa shape index (κ3) is 7.56. The summed E-state index contributed by atoms with van der Waals surface area (Å²) in [6, 6.07) is -5.28. The zero-order valence-electron chi connectivity index (χ0n) is 24.4. The third-order valence-corrected chi connectivity index (χ3v) is 8.53. The number of hydrogen-bond donors (Lipinski definition) is 14. The van der Waals surface area contributed by atoms with Gasteiger partial charge >= 0.3 is 0 Å². The van der Waals surface area contributed by atoms with E-state index < -0.39 is 110 Å². The van der Waals surface area contributed by atoms with Crippen LogP contribution in [0.1, 0.15) is 19.3 Å². The lowest BCUT2D eigenvalue weighted by atomic mass is 9.83. The second-order valence-corrected chi connectivity index (χ2v) is 11.9. The van der Waals surface area contributed by atoms with Crippen LogP contribution in [0.15, 0.2) is 9.98 Å². The fraction of sp³-hybridized carbons (Fsp3) is 0.875. The molecule has 2 saturated heterocycles. The molecule has 0 bridgehead atoms. The van der Waals surface area contributed by atoms with E-state index >= 15 is 0 Å². The molecule has 0 aromatic rings. The van der Waals surface area contributed by atoms with Crippen LogP contribution in [-0.2, 0) is 23.7 Å². The van der Waals surface area contributed by atoms with E-state index in [4.69, 9.17) is 59.1 Å². The topological polar surface area (TPSA) is 394 Å². The van der Waals surface area contributed by atoms with Gasteiger partial charge in [0.05, 0.1) is 36.9 Å². The quantitative estimate of drug-likeness (QED) is 0.0770. The summed E-state index contributed by atoms with van der Waals surface area (Å²) in [6.45, 7) is -0.752. The summed E-state index contributed by atoms with van der Waals surface area (Å²) in [5.41, 5.74) is 38.0. The van der Waals surface area contributed by atoms with E-state index in [1.807, 2.05) is 0 Å². The summed E-state index contributed by atoms with van der Waals surface area (Å²) < 4.78 is 23.4. The van der Waals surface area contributed by atoms with Crippen molar-refractivity contribution in [3.8, 4) is 0 Å². The number of aliphatic hydroxyl groups is 6. The number of nitrogens with two attached hydrogens (primary N) is 7. The smallest absolute Gasteiger partial charge is 0.254 e. The summed E-state index contributed by atoms with van der Waals surface area (Å²) >= 11 is 0. The molecular formula is C24H46N10O11. The van der Waals surface area contributed by atoms with Gasteiger partial charge in [-0.15, -0.1) is 0 Å². The van der Waals surface area contributed by atoms with Crippen LogP contribution in [0.4, 0.5) is 0 Å². The molecule has 0 aromatic carbocycles. The summed E-state index contributed by atoms with van der Waals surface area (Å²) in [6.07, 6.45) is -13.7. The van der Waals surface area contributed by atoms with E-state index in [0.29, 0.717) is 0 Å². The first-order valence-electron chi connectivity index (χ1n) is 14.5. The van der Waals surface area contributed by atoms with Crippen LogP contribution in [0.3, 0.4) is 0 Å². The number of ether oxygens (including phenoxy) is 4. The van der Waals surface area contributed by atoms with Crippen molar-refractivity contribution < 1.29 is 54.4 Å².